The highest BCUT2D eigenvalue weighted by Crippen LogP contribution is 2.19. The highest BCUT2D eigenvalue weighted by atomic mass is 19.1. The maximum absolute atomic E-state index is 13.6. The van der Waals surface area contributed by atoms with Gasteiger partial charge >= 0.3 is 5.97 Å². The molecule has 0 aliphatic heterocycles. The van der Waals surface area contributed by atoms with Crippen LogP contribution in [0.5, 0.6) is 0 Å². The number of hydrogen-bond acceptors (Lipinski definition) is 6. The van der Waals surface area contributed by atoms with Crippen LogP contribution in [-0.2, 0) is 18.4 Å². The standard InChI is InChI=1S/C23H18F2N6O3/c1-30-13-17(11-27-30)23(33)34-29-22(26)15-4-2-3-14(7-15)12-31-21(32)6-5-20(28-31)16-8-18(24)10-19(25)9-16/h2-11,13H,12H2,1H3,(H2,26,29). The number of benzene rings is 2. The third-order valence-corrected chi connectivity index (χ3v) is 4.75. The third kappa shape index (κ3) is 5.21. The molecule has 11 heteroatoms. The molecule has 0 fully saturated rings. The van der Waals surface area contributed by atoms with Crippen molar-refractivity contribution >= 4 is 11.8 Å². The Balaban J connectivity index is 1.54. The van der Waals surface area contributed by atoms with Crippen LogP contribution in [0.2, 0.25) is 0 Å². The maximum atomic E-state index is 13.6. The topological polar surface area (TPSA) is 117 Å². The zero-order valence-corrected chi connectivity index (χ0v) is 17.9. The summed E-state index contributed by atoms with van der Waals surface area (Å²) in [6, 6.07) is 12.4. The molecule has 172 valence electrons. The average Bonchev–Trinajstić information content (AvgIpc) is 3.24. The molecule has 2 N–H and O–H groups in total. The highest BCUT2D eigenvalue weighted by molar-refractivity contribution is 5.98. The van der Waals surface area contributed by atoms with Crippen LogP contribution in [0.3, 0.4) is 0 Å². The van der Waals surface area contributed by atoms with Gasteiger partial charge in [0, 0.05) is 36.5 Å². The van der Waals surface area contributed by atoms with Gasteiger partial charge in [-0.1, -0.05) is 23.4 Å². The minimum Gasteiger partial charge on any atom is -0.380 e. The lowest BCUT2D eigenvalue weighted by atomic mass is 10.1. The highest BCUT2D eigenvalue weighted by Gasteiger charge is 2.11. The summed E-state index contributed by atoms with van der Waals surface area (Å²) in [4.78, 5) is 29.2. The summed E-state index contributed by atoms with van der Waals surface area (Å²) < 4.78 is 29.8. The molecule has 0 saturated heterocycles. The van der Waals surface area contributed by atoms with Gasteiger partial charge in [0.1, 0.15) is 11.6 Å². The average molecular weight is 464 g/mol. The van der Waals surface area contributed by atoms with E-state index in [2.05, 4.69) is 15.4 Å². The van der Waals surface area contributed by atoms with Crippen LogP contribution in [0.15, 0.2) is 76.9 Å². The molecule has 2 heterocycles. The number of halogens is 2. The summed E-state index contributed by atoms with van der Waals surface area (Å²) in [6.07, 6.45) is 2.82. The van der Waals surface area contributed by atoms with Gasteiger partial charge in [-0.05, 0) is 29.8 Å². The van der Waals surface area contributed by atoms with Crippen LogP contribution in [0.25, 0.3) is 11.3 Å². The second kappa shape index (κ2) is 9.45. The fourth-order valence-electron chi connectivity index (χ4n) is 3.14. The van der Waals surface area contributed by atoms with Gasteiger partial charge in [-0.2, -0.15) is 10.2 Å². The number of oxime groups is 1. The van der Waals surface area contributed by atoms with Crippen molar-refractivity contribution in [1.29, 1.82) is 0 Å². The second-order valence-corrected chi connectivity index (χ2v) is 7.33. The Labute approximate surface area is 191 Å². The Morgan fingerprint density at radius 1 is 1.09 bits per heavy atom. The van der Waals surface area contributed by atoms with E-state index in [9.17, 15) is 18.4 Å². The Morgan fingerprint density at radius 3 is 2.56 bits per heavy atom. The molecule has 0 unspecified atom stereocenters. The van der Waals surface area contributed by atoms with E-state index < -0.39 is 23.2 Å². The molecule has 4 rings (SSSR count). The van der Waals surface area contributed by atoms with Crippen molar-refractivity contribution in [3.63, 3.8) is 0 Å². The predicted octanol–water partition coefficient (Wildman–Crippen LogP) is 2.45. The van der Waals surface area contributed by atoms with Gasteiger partial charge < -0.3 is 10.6 Å². The van der Waals surface area contributed by atoms with Crippen molar-refractivity contribution < 1.29 is 18.4 Å². The van der Waals surface area contributed by atoms with Crippen molar-refractivity contribution in [2.45, 2.75) is 6.54 Å². The fourth-order valence-corrected chi connectivity index (χ4v) is 3.14. The molecule has 0 bridgehead atoms. The van der Waals surface area contributed by atoms with Crippen LogP contribution in [-0.4, -0.2) is 31.4 Å². The molecule has 0 aliphatic rings. The van der Waals surface area contributed by atoms with Crippen molar-refractivity contribution in [2.75, 3.05) is 0 Å². The first-order valence-corrected chi connectivity index (χ1v) is 9.96. The normalized spacial score (nSPS) is 11.4. The van der Waals surface area contributed by atoms with Crippen LogP contribution < -0.4 is 11.3 Å². The number of aromatic nitrogens is 4. The predicted molar refractivity (Wildman–Crippen MR) is 119 cm³/mol. The Hall–Kier alpha value is -4.67. The molecule has 0 amide bonds. The summed E-state index contributed by atoms with van der Waals surface area (Å²) >= 11 is 0. The molecule has 0 atom stereocenters. The Bertz CT molecular complexity index is 1440. The van der Waals surface area contributed by atoms with Gasteiger partial charge in [0.15, 0.2) is 5.84 Å². The molecule has 9 nitrogen and oxygen atoms in total. The van der Waals surface area contributed by atoms with E-state index in [0.717, 1.165) is 22.9 Å². The van der Waals surface area contributed by atoms with E-state index in [1.165, 1.54) is 29.2 Å². The quantitative estimate of drug-likeness (QED) is 0.203. The summed E-state index contributed by atoms with van der Waals surface area (Å²) in [6.45, 7) is 0.0566. The van der Waals surface area contributed by atoms with Crippen LogP contribution in [0.4, 0.5) is 8.78 Å². The number of aryl methyl sites for hydroxylation is 1. The van der Waals surface area contributed by atoms with Gasteiger partial charge in [0.25, 0.3) is 5.56 Å². The summed E-state index contributed by atoms with van der Waals surface area (Å²) in [5.41, 5.74) is 7.29. The van der Waals surface area contributed by atoms with Crippen molar-refractivity contribution in [2.24, 2.45) is 17.9 Å². The fraction of sp³-hybridized carbons (Fsp3) is 0.0870. The van der Waals surface area contributed by atoms with Crippen LogP contribution >= 0.6 is 0 Å². The maximum Gasteiger partial charge on any atom is 0.368 e. The number of amidine groups is 1. The molecule has 0 radical (unpaired) electrons. The zero-order chi connectivity index (χ0) is 24.2. The number of hydrogen-bond donors (Lipinski definition) is 1. The van der Waals surface area contributed by atoms with E-state index >= 15 is 0 Å². The molecule has 2 aromatic heterocycles. The van der Waals surface area contributed by atoms with Gasteiger partial charge in [-0.25, -0.2) is 18.3 Å². The third-order valence-electron chi connectivity index (χ3n) is 4.75. The lowest BCUT2D eigenvalue weighted by Crippen LogP contribution is -2.23. The van der Waals surface area contributed by atoms with E-state index in [0.29, 0.717) is 11.1 Å². The Kier molecular flexibility index (Phi) is 6.26. The largest absolute Gasteiger partial charge is 0.380 e. The smallest absolute Gasteiger partial charge is 0.368 e. The van der Waals surface area contributed by atoms with Crippen LogP contribution in [0, 0.1) is 11.6 Å². The summed E-state index contributed by atoms with van der Waals surface area (Å²) in [7, 11) is 1.66. The number of nitrogens with two attached hydrogens (primary N) is 1. The first kappa shape index (κ1) is 22.5. The van der Waals surface area contributed by atoms with Gasteiger partial charge in [0.05, 0.1) is 24.0 Å². The molecule has 4 aromatic rings. The van der Waals surface area contributed by atoms with Crippen LogP contribution in [0.1, 0.15) is 21.5 Å². The SMILES string of the molecule is Cn1cc(C(=O)ON=C(N)c2cccc(Cn3nc(-c4cc(F)cc(F)c4)ccc3=O)c2)cn1. The molecular weight excluding hydrogens is 446 g/mol. The first-order valence-electron chi connectivity index (χ1n) is 9.96. The lowest BCUT2D eigenvalue weighted by Gasteiger charge is -2.09. The zero-order valence-electron chi connectivity index (χ0n) is 17.9. The van der Waals surface area contributed by atoms with E-state index in [4.69, 9.17) is 10.6 Å². The molecule has 2 aromatic carbocycles. The van der Waals surface area contributed by atoms with E-state index in [1.54, 1.807) is 31.3 Å². The van der Waals surface area contributed by atoms with Crippen molar-refractivity contribution in [1.82, 2.24) is 19.6 Å². The molecule has 0 aliphatic carbocycles. The second-order valence-electron chi connectivity index (χ2n) is 7.33. The number of carbonyl (C=O) groups excluding carboxylic acids is 1. The monoisotopic (exact) mass is 464 g/mol. The minimum absolute atomic E-state index is 0.0524. The lowest BCUT2D eigenvalue weighted by molar-refractivity contribution is 0.0516. The summed E-state index contributed by atoms with van der Waals surface area (Å²) in [5.74, 6) is -2.26. The number of nitrogens with zero attached hydrogens (tertiary/aromatic N) is 5. The van der Waals surface area contributed by atoms with Crippen molar-refractivity contribution in [3.8, 4) is 11.3 Å². The first-order chi connectivity index (χ1) is 16.3. The Morgan fingerprint density at radius 2 is 1.85 bits per heavy atom. The van der Waals surface area contributed by atoms with E-state index in [1.807, 2.05) is 0 Å². The number of rotatable bonds is 6. The minimum atomic E-state index is -0.749. The summed E-state index contributed by atoms with van der Waals surface area (Å²) in [5, 5.41) is 11.8. The van der Waals surface area contributed by atoms with Gasteiger partial charge in [-0.15, -0.1) is 0 Å². The molecule has 0 saturated carbocycles. The molecule has 0 spiro atoms. The number of carbonyl (C=O) groups is 1. The van der Waals surface area contributed by atoms with Crippen molar-refractivity contribution in [3.05, 3.63) is 106 Å². The van der Waals surface area contributed by atoms with Gasteiger partial charge in [0.2, 0.25) is 0 Å². The van der Waals surface area contributed by atoms with Gasteiger partial charge in [-0.3, -0.25) is 9.48 Å². The molecular formula is C23H18F2N6O3. The van der Waals surface area contributed by atoms with E-state index in [-0.39, 0.29) is 29.2 Å². The molecule has 34 heavy (non-hydrogen) atoms.